The van der Waals surface area contributed by atoms with Crippen LogP contribution in [0.3, 0.4) is 0 Å². The van der Waals surface area contributed by atoms with Gasteiger partial charge in [0.05, 0.1) is 5.02 Å². The van der Waals surface area contributed by atoms with E-state index in [9.17, 15) is 9.90 Å². The summed E-state index contributed by atoms with van der Waals surface area (Å²) in [6.45, 7) is 0. The molecule has 1 rings (SSSR count). The lowest BCUT2D eigenvalue weighted by Crippen LogP contribution is -2.24. The van der Waals surface area contributed by atoms with Crippen LogP contribution in [0.1, 0.15) is 5.56 Å². The molecule has 0 amide bonds. The first-order valence-corrected chi connectivity index (χ1v) is 4.89. The van der Waals surface area contributed by atoms with Gasteiger partial charge in [-0.15, -0.1) is 0 Å². The highest BCUT2D eigenvalue weighted by Gasteiger charge is 2.05. The zero-order valence-electron chi connectivity index (χ0n) is 6.31. The molecule has 0 heterocycles. The minimum Gasteiger partial charge on any atom is -0.550 e. The van der Waals surface area contributed by atoms with Gasteiger partial charge in [-0.3, -0.25) is 0 Å². The fourth-order valence-electron chi connectivity index (χ4n) is 0.855. The first-order valence-electron chi connectivity index (χ1n) is 3.34. The molecule has 13 heavy (non-hydrogen) atoms. The van der Waals surface area contributed by atoms with Gasteiger partial charge in [0.25, 0.3) is 0 Å². The number of carboxylic acid groups (broad SMARTS) is 1. The molecule has 70 valence electrons. The van der Waals surface area contributed by atoms with Crippen molar-refractivity contribution in [2.24, 2.45) is 0 Å². The second kappa shape index (κ2) is 4.31. The van der Waals surface area contributed by atoms with E-state index in [2.05, 4.69) is 15.9 Å². The molecule has 0 aliphatic heterocycles. The van der Waals surface area contributed by atoms with Crippen LogP contribution in [0, 0.1) is 0 Å². The molecule has 0 bridgehead atoms. The highest BCUT2D eigenvalue weighted by atomic mass is 79.9. The Morgan fingerprint density at radius 3 is 2.54 bits per heavy atom. The number of carbonyl (C=O) groups is 1. The highest BCUT2D eigenvalue weighted by Crippen LogP contribution is 2.29. The number of carbonyl (C=O) groups excluding carboxylic acids is 1. The van der Waals surface area contributed by atoms with E-state index in [0.29, 0.717) is 20.1 Å². The van der Waals surface area contributed by atoms with Crippen LogP contribution in [0.25, 0.3) is 0 Å². The molecule has 0 aliphatic carbocycles. The molecule has 0 aliphatic rings. The Kier molecular flexibility index (Phi) is 3.59. The van der Waals surface area contributed by atoms with Crippen LogP contribution in [-0.4, -0.2) is 5.97 Å². The molecule has 1 aromatic rings. The predicted octanol–water partition coefficient (Wildman–Crippen LogP) is 2.05. The van der Waals surface area contributed by atoms with Crippen LogP contribution in [0.5, 0.6) is 0 Å². The van der Waals surface area contributed by atoms with Gasteiger partial charge >= 0.3 is 0 Å². The number of rotatable bonds is 2. The van der Waals surface area contributed by atoms with E-state index in [-0.39, 0.29) is 6.42 Å². The number of hydrogen-bond acceptors (Lipinski definition) is 2. The number of benzene rings is 1. The van der Waals surface area contributed by atoms with Gasteiger partial charge in [0, 0.05) is 21.9 Å². The molecular formula is C8H4BrCl2O2-. The van der Waals surface area contributed by atoms with Gasteiger partial charge in [0.1, 0.15) is 0 Å². The van der Waals surface area contributed by atoms with Crippen molar-refractivity contribution in [1.29, 1.82) is 0 Å². The molecule has 0 aromatic heterocycles. The van der Waals surface area contributed by atoms with E-state index in [1.807, 2.05) is 0 Å². The van der Waals surface area contributed by atoms with Crippen molar-refractivity contribution < 1.29 is 9.90 Å². The molecule has 0 spiro atoms. The lowest BCUT2D eigenvalue weighted by molar-refractivity contribution is -0.304. The molecule has 0 fully saturated rings. The van der Waals surface area contributed by atoms with Crippen molar-refractivity contribution in [1.82, 2.24) is 0 Å². The highest BCUT2D eigenvalue weighted by molar-refractivity contribution is 9.10. The SMILES string of the molecule is O=C([O-])Cc1cc(Br)c(Cl)cc1Cl. The van der Waals surface area contributed by atoms with Crippen molar-refractivity contribution in [2.45, 2.75) is 6.42 Å². The zero-order valence-corrected chi connectivity index (χ0v) is 9.41. The van der Waals surface area contributed by atoms with Crippen molar-refractivity contribution in [3.05, 3.63) is 32.2 Å². The van der Waals surface area contributed by atoms with E-state index < -0.39 is 5.97 Å². The van der Waals surface area contributed by atoms with E-state index in [4.69, 9.17) is 23.2 Å². The summed E-state index contributed by atoms with van der Waals surface area (Å²) in [5, 5.41) is 11.1. The first-order chi connectivity index (χ1) is 6.00. The van der Waals surface area contributed by atoms with Gasteiger partial charge in [0.2, 0.25) is 0 Å². The lowest BCUT2D eigenvalue weighted by Gasteiger charge is -2.06. The van der Waals surface area contributed by atoms with E-state index in [1.165, 1.54) is 6.07 Å². The summed E-state index contributed by atoms with van der Waals surface area (Å²) in [6.07, 6.45) is -0.214. The van der Waals surface area contributed by atoms with Crippen LogP contribution < -0.4 is 5.11 Å². The summed E-state index contributed by atoms with van der Waals surface area (Å²) in [5.74, 6) is -1.17. The van der Waals surface area contributed by atoms with Crippen LogP contribution in [0.15, 0.2) is 16.6 Å². The van der Waals surface area contributed by atoms with Crippen LogP contribution in [0.2, 0.25) is 10.0 Å². The minimum atomic E-state index is -1.17. The number of halogens is 3. The number of carboxylic acids is 1. The Labute approximate surface area is 93.6 Å². The van der Waals surface area contributed by atoms with E-state index >= 15 is 0 Å². The Morgan fingerprint density at radius 1 is 1.38 bits per heavy atom. The lowest BCUT2D eigenvalue weighted by atomic mass is 10.1. The Balaban J connectivity index is 3.08. The fraction of sp³-hybridized carbons (Fsp3) is 0.125. The first kappa shape index (κ1) is 10.8. The third-order valence-corrected chi connectivity index (χ3v) is 2.97. The predicted molar refractivity (Wildman–Crippen MR) is 52.9 cm³/mol. The topological polar surface area (TPSA) is 40.1 Å². The normalized spacial score (nSPS) is 10.1. The quantitative estimate of drug-likeness (QED) is 0.779. The Bertz CT molecular complexity index is 352. The molecule has 1 aromatic carbocycles. The molecule has 0 saturated carbocycles. The van der Waals surface area contributed by atoms with Gasteiger partial charge in [-0.1, -0.05) is 23.2 Å². The minimum absolute atomic E-state index is 0.214. The molecule has 0 N–H and O–H groups in total. The Hall–Kier alpha value is -0.250. The maximum absolute atomic E-state index is 10.3. The molecule has 5 heteroatoms. The third kappa shape index (κ3) is 2.86. The summed E-state index contributed by atoms with van der Waals surface area (Å²) in [6, 6.07) is 3.06. The molecule has 2 nitrogen and oxygen atoms in total. The molecule has 0 saturated heterocycles. The van der Waals surface area contributed by atoms with Crippen molar-refractivity contribution >= 4 is 45.1 Å². The summed E-state index contributed by atoms with van der Waals surface area (Å²) >= 11 is 14.6. The van der Waals surface area contributed by atoms with Gasteiger partial charge in [-0.05, 0) is 33.6 Å². The molecule has 0 radical (unpaired) electrons. The van der Waals surface area contributed by atoms with E-state index in [1.54, 1.807) is 6.07 Å². The van der Waals surface area contributed by atoms with Crippen molar-refractivity contribution in [3.8, 4) is 0 Å². The van der Waals surface area contributed by atoms with Gasteiger partial charge in [0.15, 0.2) is 0 Å². The van der Waals surface area contributed by atoms with Crippen LogP contribution in [0.4, 0.5) is 0 Å². The third-order valence-electron chi connectivity index (χ3n) is 1.42. The maximum atomic E-state index is 10.3. The van der Waals surface area contributed by atoms with E-state index in [0.717, 1.165) is 0 Å². The zero-order chi connectivity index (χ0) is 10.0. The Morgan fingerprint density at radius 2 is 2.00 bits per heavy atom. The second-order valence-electron chi connectivity index (χ2n) is 2.41. The molecule has 0 unspecified atom stereocenters. The van der Waals surface area contributed by atoms with Gasteiger partial charge < -0.3 is 9.90 Å². The van der Waals surface area contributed by atoms with Gasteiger partial charge in [-0.2, -0.15) is 0 Å². The monoisotopic (exact) mass is 281 g/mol. The smallest absolute Gasteiger partial charge is 0.0563 e. The summed E-state index contributed by atoms with van der Waals surface area (Å²) in [4.78, 5) is 10.3. The largest absolute Gasteiger partial charge is 0.550 e. The maximum Gasteiger partial charge on any atom is 0.0563 e. The molecular weight excluding hydrogens is 279 g/mol. The molecule has 0 atom stereocenters. The van der Waals surface area contributed by atoms with Crippen molar-refractivity contribution in [2.75, 3.05) is 0 Å². The average molecular weight is 283 g/mol. The van der Waals surface area contributed by atoms with Crippen molar-refractivity contribution in [3.63, 3.8) is 0 Å². The van der Waals surface area contributed by atoms with Gasteiger partial charge in [-0.25, -0.2) is 0 Å². The standard InChI is InChI=1S/C8H5BrCl2O2/c9-5-1-4(2-8(12)13)6(10)3-7(5)11/h1,3H,2H2,(H,12,13)/p-1. The number of aliphatic carboxylic acids is 1. The average Bonchev–Trinajstić information content (AvgIpc) is 1.99. The fourth-order valence-corrected chi connectivity index (χ4v) is 1.70. The second-order valence-corrected chi connectivity index (χ2v) is 4.08. The van der Waals surface area contributed by atoms with Crippen LogP contribution in [-0.2, 0) is 11.2 Å². The number of hydrogen-bond donors (Lipinski definition) is 0. The summed E-state index contributed by atoms with van der Waals surface area (Å²) < 4.78 is 0.620. The summed E-state index contributed by atoms with van der Waals surface area (Å²) in [5.41, 5.74) is 0.484. The van der Waals surface area contributed by atoms with Crippen LogP contribution >= 0.6 is 39.1 Å². The summed E-state index contributed by atoms with van der Waals surface area (Å²) in [7, 11) is 0.